The van der Waals surface area contributed by atoms with Crippen molar-refractivity contribution in [2.45, 2.75) is 46.2 Å². The van der Waals surface area contributed by atoms with Crippen molar-refractivity contribution in [3.05, 3.63) is 17.0 Å². The van der Waals surface area contributed by atoms with Crippen molar-refractivity contribution in [3.63, 3.8) is 0 Å². The molecule has 3 atom stereocenters. The van der Waals surface area contributed by atoms with E-state index in [0.717, 1.165) is 31.1 Å². The Morgan fingerprint density at radius 2 is 2.18 bits per heavy atom. The summed E-state index contributed by atoms with van der Waals surface area (Å²) in [4.78, 5) is 0. The first-order chi connectivity index (χ1) is 8.09. The molecule has 1 saturated heterocycles. The number of aryl methyl sites for hydroxylation is 2. The van der Waals surface area contributed by atoms with Gasteiger partial charge < -0.3 is 14.6 Å². The summed E-state index contributed by atoms with van der Waals surface area (Å²) in [5, 5.41) is 7.68. The van der Waals surface area contributed by atoms with Crippen molar-refractivity contribution < 1.29 is 9.26 Å². The van der Waals surface area contributed by atoms with Crippen molar-refractivity contribution in [2.75, 3.05) is 13.2 Å². The summed E-state index contributed by atoms with van der Waals surface area (Å²) in [6, 6.07) is 0.805. The molecule has 17 heavy (non-hydrogen) atoms. The van der Waals surface area contributed by atoms with Gasteiger partial charge in [-0.2, -0.15) is 0 Å². The first kappa shape index (κ1) is 12.6. The molecule has 4 heteroatoms. The maximum absolute atomic E-state index is 5.46. The largest absolute Gasteiger partial charge is 0.381 e. The van der Waals surface area contributed by atoms with Crippen LogP contribution in [0.2, 0.25) is 0 Å². The van der Waals surface area contributed by atoms with E-state index in [1.807, 2.05) is 13.8 Å². The van der Waals surface area contributed by atoms with Gasteiger partial charge in [0.2, 0.25) is 0 Å². The van der Waals surface area contributed by atoms with Crippen LogP contribution < -0.4 is 5.32 Å². The standard InChI is InChI=1S/C13H22N2O2/c1-8-7-16-6-5-12(8)14-9(2)13-10(3)15-17-11(13)4/h8-9,12,14H,5-7H2,1-4H3. The Hall–Kier alpha value is -0.870. The van der Waals surface area contributed by atoms with Gasteiger partial charge in [-0.05, 0) is 33.1 Å². The molecule has 1 aromatic rings. The number of hydrogen-bond donors (Lipinski definition) is 1. The third kappa shape index (κ3) is 2.69. The molecule has 0 aromatic carbocycles. The Morgan fingerprint density at radius 3 is 2.76 bits per heavy atom. The summed E-state index contributed by atoms with van der Waals surface area (Å²) < 4.78 is 10.7. The van der Waals surface area contributed by atoms with Gasteiger partial charge in [0.15, 0.2) is 0 Å². The molecule has 2 rings (SSSR count). The molecule has 1 fully saturated rings. The van der Waals surface area contributed by atoms with E-state index in [2.05, 4.69) is 24.3 Å². The molecule has 3 unspecified atom stereocenters. The quantitative estimate of drug-likeness (QED) is 0.878. The summed E-state index contributed by atoms with van der Waals surface area (Å²) in [7, 11) is 0. The van der Waals surface area contributed by atoms with Crippen LogP contribution >= 0.6 is 0 Å². The highest BCUT2D eigenvalue weighted by atomic mass is 16.5. The van der Waals surface area contributed by atoms with E-state index in [9.17, 15) is 0 Å². The maximum atomic E-state index is 5.46. The van der Waals surface area contributed by atoms with E-state index in [1.165, 1.54) is 5.56 Å². The van der Waals surface area contributed by atoms with Crippen LogP contribution in [0.5, 0.6) is 0 Å². The highest BCUT2D eigenvalue weighted by molar-refractivity contribution is 5.24. The minimum atomic E-state index is 0.284. The summed E-state index contributed by atoms with van der Waals surface area (Å²) in [5.41, 5.74) is 2.19. The van der Waals surface area contributed by atoms with Gasteiger partial charge in [-0.1, -0.05) is 12.1 Å². The Labute approximate surface area is 103 Å². The number of rotatable bonds is 3. The SMILES string of the molecule is Cc1noc(C)c1C(C)NC1CCOCC1C. The van der Waals surface area contributed by atoms with E-state index in [1.54, 1.807) is 0 Å². The van der Waals surface area contributed by atoms with Crippen molar-refractivity contribution in [2.24, 2.45) is 5.92 Å². The Kier molecular flexibility index (Phi) is 3.84. The zero-order valence-electron chi connectivity index (χ0n) is 11.1. The third-order valence-electron chi connectivity index (χ3n) is 3.63. The molecule has 1 aliphatic heterocycles. The lowest BCUT2D eigenvalue weighted by molar-refractivity contribution is 0.0363. The van der Waals surface area contributed by atoms with Crippen LogP contribution in [0, 0.1) is 19.8 Å². The van der Waals surface area contributed by atoms with E-state index in [-0.39, 0.29) is 6.04 Å². The van der Waals surface area contributed by atoms with Gasteiger partial charge in [0, 0.05) is 24.3 Å². The molecule has 0 radical (unpaired) electrons. The summed E-state index contributed by atoms with van der Waals surface area (Å²) in [6.07, 6.45) is 1.08. The number of nitrogens with one attached hydrogen (secondary N) is 1. The molecular weight excluding hydrogens is 216 g/mol. The van der Waals surface area contributed by atoms with Crippen molar-refractivity contribution in [3.8, 4) is 0 Å². The Balaban J connectivity index is 2.03. The van der Waals surface area contributed by atoms with Crippen LogP contribution in [0.25, 0.3) is 0 Å². The molecule has 0 spiro atoms. The highest BCUT2D eigenvalue weighted by Crippen LogP contribution is 2.24. The smallest absolute Gasteiger partial charge is 0.138 e. The molecule has 1 aliphatic rings. The Bertz CT molecular complexity index is 356. The summed E-state index contributed by atoms with van der Waals surface area (Å²) in [5.74, 6) is 1.48. The molecule has 1 N–H and O–H groups in total. The van der Waals surface area contributed by atoms with Crippen LogP contribution in [0.3, 0.4) is 0 Å². The van der Waals surface area contributed by atoms with E-state index < -0.39 is 0 Å². The molecule has 4 nitrogen and oxygen atoms in total. The van der Waals surface area contributed by atoms with Gasteiger partial charge in [0.05, 0.1) is 12.3 Å². The summed E-state index contributed by atoms with van der Waals surface area (Å²) >= 11 is 0. The van der Waals surface area contributed by atoms with E-state index in [4.69, 9.17) is 9.26 Å². The topological polar surface area (TPSA) is 47.3 Å². The lowest BCUT2D eigenvalue weighted by Crippen LogP contribution is -2.42. The van der Waals surface area contributed by atoms with Gasteiger partial charge in [0.1, 0.15) is 5.76 Å². The fourth-order valence-corrected chi connectivity index (χ4v) is 2.64. The van der Waals surface area contributed by atoms with Crippen molar-refractivity contribution >= 4 is 0 Å². The number of aromatic nitrogens is 1. The van der Waals surface area contributed by atoms with Crippen molar-refractivity contribution in [1.82, 2.24) is 10.5 Å². The predicted molar refractivity (Wildman–Crippen MR) is 65.9 cm³/mol. The minimum Gasteiger partial charge on any atom is -0.381 e. The van der Waals surface area contributed by atoms with Crippen LogP contribution in [-0.4, -0.2) is 24.4 Å². The highest BCUT2D eigenvalue weighted by Gasteiger charge is 2.25. The molecule has 96 valence electrons. The van der Waals surface area contributed by atoms with Crippen LogP contribution in [0.4, 0.5) is 0 Å². The van der Waals surface area contributed by atoms with Gasteiger partial charge in [-0.15, -0.1) is 0 Å². The average Bonchev–Trinajstić information content (AvgIpc) is 2.62. The molecule has 0 amide bonds. The van der Waals surface area contributed by atoms with Gasteiger partial charge in [-0.3, -0.25) is 0 Å². The number of ether oxygens (including phenoxy) is 1. The second-order valence-electron chi connectivity index (χ2n) is 5.07. The first-order valence-electron chi connectivity index (χ1n) is 6.36. The monoisotopic (exact) mass is 238 g/mol. The van der Waals surface area contributed by atoms with Gasteiger partial charge >= 0.3 is 0 Å². The lowest BCUT2D eigenvalue weighted by Gasteiger charge is -2.32. The van der Waals surface area contributed by atoms with Crippen LogP contribution in [0.1, 0.15) is 43.3 Å². The Morgan fingerprint density at radius 1 is 1.41 bits per heavy atom. The van der Waals surface area contributed by atoms with E-state index >= 15 is 0 Å². The van der Waals surface area contributed by atoms with Gasteiger partial charge in [-0.25, -0.2) is 0 Å². The zero-order chi connectivity index (χ0) is 12.4. The average molecular weight is 238 g/mol. The van der Waals surface area contributed by atoms with Gasteiger partial charge in [0.25, 0.3) is 0 Å². The maximum Gasteiger partial charge on any atom is 0.138 e. The summed E-state index contributed by atoms with van der Waals surface area (Å²) in [6.45, 7) is 10.1. The molecular formula is C13H22N2O2. The predicted octanol–water partition coefficient (Wildman–Crippen LogP) is 2.37. The molecule has 1 aromatic heterocycles. The third-order valence-corrected chi connectivity index (χ3v) is 3.63. The second-order valence-corrected chi connectivity index (χ2v) is 5.07. The minimum absolute atomic E-state index is 0.284. The van der Waals surface area contributed by atoms with Crippen LogP contribution in [0.15, 0.2) is 4.52 Å². The fourth-order valence-electron chi connectivity index (χ4n) is 2.64. The molecule has 0 bridgehead atoms. The van der Waals surface area contributed by atoms with Crippen molar-refractivity contribution in [1.29, 1.82) is 0 Å². The fraction of sp³-hybridized carbons (Fsp3) is 0.769. The second kappa shape index (κ2) is 5.19. The van der Waals surface area contributed by atoms with Crippen LogP contribution in [-0.2, 0) is 4.74 Å². The molecule has 0 saturated carbocycles. The van der Waals surface area contributed by atoms with E-state index in [0.29, 0.717) is 12.0 Å². The zero-order valence-corrected chi connectivity index (χ0v) is 11.1. The lowest BCUT2D eigenvalue weighted by atomic mass is 9.95. The first-order valence-corrected chi connectivity index (χ1v) is 6.36. The number of nitrogens with zero attached hydrogens (tertiary/aromatic N) is 1. The normalized spacial score (nSPS) is 27.1. The molecule has 0 aliphatic carbocycles. The molecule has 2 heterocycles. The number of hydrogen-bond acceptors (Lipinski definition) is 4.